The Labute approximate surface area is 173 Å². The summed E-state index contributed by atoms with van der Waals surface area (Å²) in [4.78, 5) is 16.4. The number of ketones is 1. The van der Waals surface area contributed by atoms with Gasteiger partial charge in [-0.05, 0) is 73.0 Å². The van der Waals surface area contributed by atoms with Gasteiger partial charge in [0.15, 0.2) is 5.78 Å². The Kier molecular flexibility index (Phi) is 4.38. The molecule has 3 aliphatic carbocycles. The molecule has 5 atom stereocenters. The van der Waals surface area contributed by atoms with E-state index in [1.165, 1.54) is 29.7 Å². The highest BCUT2D eigenvalue weighted by Crippen LogP contribution is 2.64. The van der Waals surface area contributed by atoms with Gasteiger partial charge < -0.3 is 10.1 Å². The zero-order chi connectivity index (χ0) is 20.2. The first kappa shape index (κ1) is 18.9. The van der Waals surface area contributed by atoms with Crippen molar-refractivity contribution in [1.29, 1.82) is 0 Å². The first-order valence-electron chi connectivity index (χ1n) is 11.2. The number of hydrogen-bond acceptors (Lipinski definition) is 4. The molecule has 4 nitrogen and oxygen atoms in total. The van der Waals surface area contributed by atoms with Crippen LogP contribution in [0, 0.1) is 28.6 Å². The van der Waals surface area contributed by atoms with Crippen LogP contribution in [0.3, 0.4) is 0 Å². The average molecular weight is 393 g/mol. The van der Waals surface area contributed by atoms with Crippen molar-refractivity contribution in [3.05, 3.63) is 41.9 Å². The monoisotopic (exact) mass is 392 g/mol. The summed E-state index contributed by atoms with van der Waals surface area (Å²) in [7, 11) is 0. The highest BCUT2D eigenvalue weighted by molar-refractivity contribution is 5.91. The molecule has 2 fully saturated rings. The molecule has 1 aromatic heterocycles. The lowest BCUT2D eigenvalue weighted by Gasteiger charge is -2.58. The van der Waals surface area contributed by atoms with Crippen molar-refractivity contribution in [2.24, 2.45) is 28.6 Å². The largest absolute Gasteiger partial charge is 0.492 e. The summed E-state index contributed by atoms with van der Waals surface area (Å²) in [5.41, 5.74) is 4.21. The minimum Gasteiger partial charge on any atom is -0.492 e. The molecule has 29 heavy (non-hydrogen) atoms. The van der Waals surface area contributed by atoms with Crippen molar-refractivity contribution in [3.8, 4) is 5.75 Å². The number of pyridine rings is 1. The van der Waals surface area contributed by atoms with E-state index in [1.54, 1.807) is 0 Å². The molecule has 1 saturated carbocycles. The Morgan fingerprint density at radius 2 is 2.07 bits per heavy atom. The summed E-state index contributed by atoms with van der Waals surface area (Å²) in [5, 5.41) is 3.69. The fourth-order valence-corrected chi connectivity index (χ4v) is 6.97. The van der Waals surface area contributed by atoms with Gasteiger partial charge in [-0.15, -0.1) is 0 Å². The van der Waals surface area contributed by atoms with E-state index in [0.717, 1.165) is 25.1 Å². The second kappa shape index (κ2) is 6.72. The van der Waals surface area contributed by atoms with Crippen LogP contribution in [-0.2, 0) is 4.79 Å². The highest BCUT2D eigenvalue weighted by atomic mass is 16.5. The third-order valence-electron chi connectivity index (χ3n) is 8.51. The molecule has 0 bridgehead atoms. The maximum atomic E-state index is 12.0. The number of aromatic nitrogens is 1. The Hall–Kier alpha value is -2.10. The zero-order valence-corrected chi connectivity index (χ0v) is 17.8. The minimum absolute atomic E-state index is 0.136. The normalized spacial score (nSPS) is 38.2. The summed E-state index contributed by atoms with van der Waals surface area (Å²) in [5.74, 6) is 3.12. The summed E-state index contributed by atoms with van der Waals surface area (Å²) in [6, 6.07) is 2.16. The topological polar surface area (TPSA) is 51.2 Å². The van der Waals surface area contributed by atoms with E-state index in [-0.39, 0.29) is 16.6 Å². The number of piperidine rings is 1. The van der Waals surface area contributed by atoms with Gasteiger partial charge in [-0.2, -0.15) is 0 Å². The average Bonchev–Trinajstić information content (AvgIpc) is 3.06. The summed E-state index contributed by atoms with van der Waals surface area (Å²) >= 11 is 0. The molecule has 5 rings (SSSR count). The molecule has 2 heterocycles. The van der Waals surface area contributed by atoms with E-state index in [1.807, 2.05) is 25.4 Å². The van der Waals surface area contributed by atoms with Crippen LogP contribution < -0.4 is 10.1 Å². The van der Waals surface area contributed by atoms with Crippen LogP contribution in [0.1, 0.15) is 58.4 Å². The van der Waals surface area contributed by atoms with Crippen LogP contribution in [0.15, 0.2) is 36.3 Å². The molecular weight excluding hydrogens is 360 g/mol. The van der Waals surface area contributed by atoms with Gasteiger partial charge in [-0.1, -0.05) is 19.9 Å². The van der Waals surface area contributed by atoms with Gasteiger partial charge in [0.25, 0.3) is 0 Å². The van der Waals surface area contributed by atoms with Crippen LogP contribution >= 0.6 is 0 Å². The van der Waals surface area contributed by atoms with E-state index >= 15 is 0 Å². The molecule has 1 aliphatic heterocycles. The molecule has 0 spiro atoms. The third-order valence-corrected chi connectivity index (χ3v) is 8.51. The summed E-state index contributed by atoms with van der Waals surface area (Å²) in [6.45, 7) is 8.54. The number of nitrogens with zero attached hydrogens (tertiary/aromatic N) is 1. The number of carbonyl (C=O) groups excluding carboxylic acids is 1. The van der Waals surface area contributed by atoms with Gasteiger partial charge in [0, 0.05) is 36.4 Å². The molecule has 0 aromatic carbocycles. The number of hydrogen-bond donors (Lipinski definition) is 1. The molecule has 4 heteroatoms. The van der Waals surface area contributed by atoms with Gasteiger partial charge in [0.1, 0.15) is 5.75 Å². The predicted octanol–water partition coefficient (Wildman–Crippen LogP) is 4.77. The lowest BCUT2D eigenvalue weighted by Crippen LogP contribution is -2.56. The maximum absolute atomic E-state index is 12.0. The van der Waals surface area contributed by atoms with Crippen molar-refractivity contribution in [2.45, 2.75) is 52.9 Å². The fraction of sp³-hybridized carbons (Fsp3) is 0.600. The van der Waals surface area contributed by atoms with Crippen molar-refractivity contribution in [3.63, 3.8) is 0 Å². The summed E-state index contributed by atoms with van der Waals surface area (Å²) in [6.07, 6.45) is 13.5. The van der Waals surface area contributed by atoms with Crippen LogP contribution in [-0.4, -0.2) is 23.9 Å². The van der Waals surface area contributed by atoms with Gasteiger partial charge in [-0.3, -0.25) is 9.78 Å². The van der Waals surface area contributed by atoms with Crippen LogP contribution in [0.25, 0.3) is 5.57 Å². The van der Waals surface area contributed by atoms with Gasteiger partial charge in [0.2, 0.25) is 0 Å². The highest BCUT2D eigenvalue weighted by Gasteiger charge is 2.57. The molecular formula is C25H32N2O2. The van der Waals surface area contributed by atoms with Gasteiger partial charge in [0.05, 0.1) is 12.8 Å². The predicted molar refractivity (Wildman–Crippen MR) is 114 cm³/mol. The second-order valence-corrected chi connectivity index (χ2v) is 9.85. The van der Waals surface area contributed by atoms with E-state index in [4.69, 9.17) is 4.74 Å². The third kappa shape index (κ3) is 2.78. The Morgan fingerprint density at radius 3 is 2.90 bits per heavy atom. The Bertz CT molecular complexity index is 904. The van der Waals surface area contributed by atoms with E-state index < -0.39 is 0 Å². The van der Waals surface area contributed by atoms with Gasteiger partial charge >= 0.3 is 0 Å². The molecule has 0 amide bonds. The number of nitrogens with one attached hydrogen (secondary N) is 1. The fourth-order valence-electron chi connectivity index (χ4n) is 6.97. The van der Waals surface area contributed by atoms with Crippen molar-refractivity contribution in [2.75, 3.05) is 13.2 Å². The van der Waals surface area contributed by atoms with Crippen LogP contribution in [0.5, 0.6) is 5.75 Å². The number of allylic oxidation sites excluding steroid dienone is 4. The van der Waals surface area contributed by atoms with Crippen molar-refractivity contribution < 1.29 is 9.53 Å². The number of carbonyl (C=O) groups is 1. The van der Waals surface area contributed by atoms with Crippen molar-refractivity contribution >= 4 is 11.4 Å². The Morgan fingerprint density at radius 1 is 1.21 bits per heavy atom. The van der Waals surface area contributed by atoms with E-state index in [9.17, 15) is 4.79 Å². The standard InChI is InChI=1S/C25H32N2O2/c1-4-29-18-11-16(13-26-14-18)20-5-6-21-19-15-27-23-12-17(28)7-9-25(23,3)22(19)8-10-24(20,21)2/h5,11-14,19,21-22,27H,4,6-10,15H2,1-3H3/t19-,21-,22-,24+,25+/m0/s1. The first-order chi connectivity index (χ1) is 14.0. The molecule has 1 N–H and O–H groups in total. The zero-order valence-electron chi connectivity index (χ0n) is 17.8. The Balaban J connectivity index is 1.44. The smallest absolute Gasteiger partial charge is 0.157 e. The number of rotatable bonds is 3. The number of ether oxygens (including phenoxy) is 1. The second-order valence-electron chi connectivity index (χ2n) is 9.85. The minimum atomic E-state index is 0.136. The molecule has 0 unspecified atom stereocenters. The molecule has 0 radical (unpaired) electrons. The quantitative estimate of drug-likeness (QED) is 0.805. The molecule has 4 aliphatic rings. The summed E-state index contributed by atoms with van der Waals surface area (Å²) < 4.78 is 5.71. The number of fused-ring (bicyclic) bond motifs is 5. The maximum Gasteiger partial charge on any atom is 0.157 e. The lowest BCUT2D eigenvalue weighted by molar-refractivity contribution is -0.117. The molecule has 1 aromatic rings. The van der Waals surface area contributed by atoms with E-state index in [0.29, 0.717) is 30.8 Å². The van der Waals surface area contributed by atoms with Crippen LogP contribution in [0.2, 0.25) is 0 Å². The lowest BCUT2D eigenvalue weighted by atomic mass is 9.50. The van der Waals surface area contributed by atoms with Crippen LogP contribution in [0.4, 0.5) is 0 Å². The van der Waals surface area contributed by atoms with Gasteiger partial charge in [-0.25, -0.2) is 0 Å². The van der Waals surface area contributed by atoms with Crippen molar-refractivity contribution in [1.82, 2.24) is 10.3 Å². The molecule has 154 valence electrons. The van der Waals surface area contributed by atoms with E-state index in [2.05, 4.69) is 36.3 Å². The SMILES string of the molecule is CCOc1cncc(C2=CC[C@H]3[C@@H]4CNC5=CC(=O)CC[C@]5(C)[C@H]4CC[C@]23C)c1. The molecule has 1 saturated heterocycles. The first-order valence-corrected chi connectivity index (χ1v) is 11.2.